The highest BCUT2D eigenvalue weighted by molar-refractivity contribution is 8.13. The second-order valence-electron chi connectivity index (χ2n) is 6.89. The fourth-order valence-corrected chi connectivity index (χ4v) is 4.14. The van der Waals surface area contributed by atoms with Gasteiger partial charge in [-0.15, -0.1) is 0 Å². The van der Waals surface area contributed by atoms with E-state index in [0.29, 0.717) is 6.61 Å². The lowest BCUT2D eigenvalue weighted by Gasteiger charge is -2.26. The maximum atomic E-state index is 11.1. The van der Waals surface area contributed by atoms with Crippen molar-refractivity contribution in [3.63, 3.8) is 0 Å². The zero-order valence-electron chi connectivity index (χ0n) is 16.1. The molecule has 0 spiro atoms. The number of fused-ring (bicyclic) bond motifs is 3. The first kappa shape index (κ1) is 18.9. The number of thioether (sulfide) groups is 1. The standard InChI is InChI=1S/C22H24N2O3S/c1-17(25)28-16-14-23(2)19-9-7-18(8-10-19)11-12-22-24(13-15-26-22)20-5-3-4-6-21(20)27-22/h3-12H,13-16H2,1-2H3/b12-11+. The smallest absolute Gasteiger partial charge is 0.316 e. The lowest BCUT2D eigenvalue weighted by Crippen LogP contribution is -2.44. The molecule has 4 rings (SSSR count). The number of carbonyl (C=O) groups excluding carboxylic acids is 1. The third kappa shape index (κ3) is 3.75. The number of carbonyl (C=O) groups is 1. The van der Waals surface area contributed by atoms with Crippen molar-refractivity contribution in [1.82, 2.24) is 0 Å². The van der Waals surface area contributed by atoms with E-state index in [4.69, 9.17) is 9.47 Å². The number of hydrogen-bond acceptors (Lipinski definition) is 6. The van der Waals surface area contributed by atoms with Gasteiger partial charge >= 0.3 is 5.91 Å². The first-order valence-electron chi connectivity index (χ1n) is 9.41. The van der Waals surface area contributed by atoms with Crippen LogP contribution < -0.4 is 14.5 Å². The molecule has 2 aliphatic heterocycles. The lowest BCUT2D eigenvalue weighted by atomic mass is 10.1. The highest BCUT2D eigenvalue weighted by atomic mass is 32.2. The summed E-state index contributed by atoms with van der Waals surface area (Å²) in [5.74, 6) is 0.802. The molecule has 5 nitrogen and oxygen atoms in total. The maximum Gasteiger partial charge on any atom is 0.316 e. The summed E-state index contributed by atoms with van der Waals surface area (Å²) in [5.41, 5.74) is 3.28. The number of benzene rings is 2. The van der Waals surface area contributed by atoms with Crippen molar-refractivity contribution in [2.75, 3.05) is 42.3 Å². The van der Waals surface area contributed by atoms with Gasteiger partial charge in [0.25, 0.3) is 0 Å². The van der Waals surface area contributed by atoms with Gasteiger partial charge in [0.15, 0.2) is 5.12 Å². The van der Waals surface area contributed by atoms with Crippen molar-refractivity contribution in [3.05, 3.63) is 60.2 Å². The van der Waals surface area contributed by atoms with Gasteiger partial charge in [-0.05, 0) is 29.8 Å². The molecule has 28 heavy (non-hydrogen) atoms. The Morgan fingerprint density at radius 1 is 1.25 bits per heavy atom. The van der Waals surface area contributed by atoms with Gasteiger partial charge in [-0.2, -0.15) is 0 Å². The molecule has 0 aromatic heterocycles. The lowest BCUT2D eigenvalue weighted by molar-refractivity contribution is -0.109. The van der Waals surface area contributed by atoms with E-state index in [1.54, 1.807) is 6.92 Å². The Bertz CT molecular complexity index is 884. The number of para-hydroxylation sites is 2. The van der Waals surface area contributed by atoms with Crippen molar-refractivity contribution in [2.24, 2.45) is 0 Å². The van der Waals surface area contributed by atoms with Crippen LogP contribution in [-0.4, -0.2) is 43.5 Å². The molecule has 0 bridgehead atoms. The molecule has 1 saturated heterocycles. The second-order valence-corrected chi connectivity index (χ2v) is 8.16. The molecular weight excluding hydrogens is 372 g/mol. The minimum absolute atomic E-state index is 0.160. The van der Waals surface area contributed by atoms with Crippen LogP contribution in [0.25, 0.3) is 6.08 Å². The van der Waals surface area contributed by atoms with E-state index in [-0.39, 0.29) is 5.12 Å². The first-order valence-corrected chi connectivity index (χ1v) is 10.4. The van der Waals surface area contributed by atoms with Gasteiger partial charge in [0, 0.05) is 44.6 Å². The van der Waals surface area contributed by atoms with Gasteiger partial charge in [0.05, 0.1) is 12.3 Å². The summed E-state index contributed by atoms with van der Waals surface area (Å²) in [6, 6.07) is 16.4. The zero-order valence-corrected chi connectivity index (χ0v) is 16.9. The topological polar surface area (TPSA) is 42.0 Å². The van der Waals surface area contributed by atoms with Crippen molar-refractivity contribution in [3.8, 4) is 5.75 Å². The van der Waals surface area contributed by atoms with Crippen LogP contribution >= 0.6 is 11.8 Å². The number of rotatable bonds is 6. The van der Waals surface area contributed by atoms with Crippen molar-refractivity contribution in [2.45, 2.75) is 12.8 Å². The molecule has 2 aliphatic rings. The third-order valence-electron chi connectivity index (χ3n) is 4.96. The summed E-state index contributed by atoms with van der Waals surface area (Å²) in [5, 5.41) is 0.160. The van der Waals surface area contributed by atoms with Crippen LogP contribution in [0.3, 0.4) is 0 Å². The summed E-state index contributed by atoms with van der Waals surface area (Å²) in [7, 11) is 2.04. The molecule has 6 heteroatoms. The molecule has 0 N–H and O–H groups in total. The molecule has 0 amide bonds. The Hall–Kier alpha value is -2.44. The van der Waals surface area contributed by atoms with Crippen LogP contribution in [0.1, 0.15) is 12.5 Å². The van der Waals surface area contributed by atoms with E-state index < -0.39 is 5.91 Å². The quantitative estimate of drug-likeness (QED) is 0.735. The molecule has 1 atom stereocenters. The Labute approximate surface area is 169 Å². The molecular formula is C22H24N2O3S. The van der Waals surface area contributed by atoms with Gasteiger partial charge in [-0.3, -0.25) is 4.79 Å². The summed E-state index contributed by atoms with van der Waals surface area (Å²) < 4.78 is 12.1. The van der Waals surface area contributed by atoms with E-state index >= 15 is 0 Å². The van der Waals surface area contributed by atoms with E-state index in [9.17, 15) is 4.79 Å². The molecule has 0 radical (unpaired) electrons. The molecule has 2 aromatic rings. The molecule has 0 aliphatic carbocycles. The van der Waals surface area contributed by atoms with E-state index in [2.05, 4.69) is 40.1 Å². The predicted molar refractivity (Wildman–Crippen MR) is 115 cm³/mol. The molecule has 1 fully saturated rings. The summed E-state index contributed by atoms with van der Waals surface area (Å²) in [6.07, 6.45) is 4.03. The highest BCUT2D eigenvalue weighted by Crippen LogP contribution is 2.45. The Kier molecular flexibility index (Phi) is 5.33. The van der Waals surface area contributed by atoms with Gasteiger partial charge < -0.3 is 19.3 Å². The van der Waals surface area contributed by atoms with Gasteiger partial charge in [-0.25, -0.2) is 0 Å². The maximum absolute atomic E-state index is 11.1. The summed E-state index contributed by atoms with van der Waals surface area (Å²) in [4.78, 5) is 15.4. The first-order chi connectivity index (χ1) is 13.6. The number of nitrogens with zero attached hydrogens (tertiary/aromatic N) is 2. The zero-order chi connectivity index (χ0) is 19.6. The average Bonchev–Trinajstić information content (AvgIpc) is 3.23. The minimum Gasteiger partial charge on any atom is -0.439 e. The van der Waals surface area contributed by atoms with Crippen LogP contribution in [0.2, 0.25) is 0 Å². The second kappa shape index (κ2) is 7.89. The van der Waals surface area contributed by atoms with Crippen LogP contribution in [-0.2, 0) is 9.53 Å². The van der Waals surface area contributed by atoms with E-state index in [1.165, 1.54) is 11.8 Å². The number of anilines is 2. The van der Waals surface area contributed by atoms with Gasteiger partial charge in [0.1, 0.15) is 5.75 Å². The summed E-state index contributed by atoms with van der Waals surface area (Å²) in [6.45, 7) is 3.88. The van der Waals surface area contributed by atoms with Crippen LogP contribution in [0, 0.1) is 0 Å². The minimum atomic E-state index is -0.844. The summed E-state index contributed by atoms with van der Waals surface area (Å²) >= 11 is 1.36. The highest BCUT2D eigenvalue weighted by Gasteiger charge is 2.49. The molecule has 1 unspecified atom stereocenters. The Morgan fingerprint density at radius 2 is 2.04 bits per heavy atom. The van der Waals surface area contributed by atoms with Crippen LogP contribution in [0.5, 0.6) is 5.75 Å². The SMILES string of the molecule is CC(=O)SCCN(C)c1ccc(/C=C/C23OCCN2c2ccccc2O3)cc1. The van der Waals surface area contributed by atoms with Gasteiger partial charge in [0.2, 0.25) is 0 Å². The van der Waals surface area contributed by atoms with Crippen LogP contribution in [0.15, 0.2) is 54.6 Å². The fraction of sp³-hybridized carbons (Fsp3) is 0.318. The molecule has 2 heterocycles. The molecule has 2 aromatic carbocycles. The average molecular weight is 397 g/mol. The van der Waals surface area contributed by atoms with Crippen LogP contribution in [0.4, 0.5) is 11.4 Å². The Morgan fingerprint density at radius 3 is 2.82 bits per heavy atom. The molecule has 0 saturated carbocycles. The van der Waals surface area contributed by atoms with Gasteiger partial charge in [-0.1, -0.05) is 42.1 Å². The Balaban J connectivity index is 1.43. The van der Waals surface area contributed by atoms with Crippen molar-refractivity contribution < 1.29 is 14.3 Å². The van der Waals surface area contributed by atoms with Crippen molar-refractivity contribution >= 4 is 34.3 Å². The van der Waals surface area contributed by atoms with E-state index in [1.807, 2.05) is 37.4 Å². The number of hydrogen-bond donors (Lipinski definition) is 0. The third-order valence-corrected chi connectivity index (χ3v) is 5.76. The molecule has 146 valence electrons. The number of ether oxygens (including phenoxy) is 2. The van der Waals surface area contributed by atoms with E-state index in [0.717, 1.165) is 41.5 Å². The normalized spacial score (nSPS) is 20.1. The monoisotopic (exact) mass is 396 g/mol. The fourth-order valence-electron chi connectivity index (χ4n) is 3.48. The van der Waals surface area contributed by atoms with Crippen molar-refractivity contribution in [1.29, 1.82) is 0 Å². The largest absolute Gasteiger partial charge is 0.439 e. The predicted octanol–water partition coefficient (Wildman–Crippen LogP) is 4.00.